The van der Waals surface area contributed by atoms with Crippen molar-refractivity contribution in [1.29, 1.82) is 0 Å². The Labute approximate surface area is 84.7 Å². The van der Waals surface area contributed by atoms with E-state index in [4.69, 9.17) is 4.42 Å². The molecule has 0 unspecified atom stereocenters. The molecular formula is C13H16O. The number of para-hydroxylation sites is 1. The van der Waals surface area contributed by atoms with Crippen molar-refractivity contribution in [1.82, 2.24) is 0 Å². The monoisotopic (exact) mass is 188 g/mol. The van der Waals surface area contributed by atoms with Crippen LogP contribution in [0, 0.1) is 0 Å². The average molecular weight is 188 g/mol. The zero-order valence-electron chi connectivity index (χ0n) is 8.84. The molecule has 1 heteroatoms. The van der Waals surface area contributed by atoms with Crippen LogP contribution in [0.2, 0.25) is 0 Å². The van der Waals surface area contributed by atoms with Gasteiger partial charge in [-0.2, -0.15) is 0 Å². The second-order valence-corrected chi connectivity index (χ2v) is 3.60. The molecule has 0 N–H and O–H groups in total. The lowest BCUT2D eigenvalue weighted by Gasteiger charge is -1.96. The Morgan fingerprint density at radius 3 is 2.64 bits per heavy atom. The van der Waals surface area contributed by atoms with Gasteiger partial charge in [0.05, 0.1) is 0 Å². The van der Waals surface area contributed by atoms with E-state index in [9.17, 15) is 0 Å². The number of furan rings is 1. The summed E-state index contributed by atoms with van der Waals surface area (Å²) in [6.07, 6.45) is 3.26. The van der Waals surface area contributed by atoms with E-state index in [0.717, 1.165) is 24.8 Å². The molecule has 1 aromatic heterocycles. The first-order valence-electron chi connectivity index (χ1n) is 5.36. The second kappa shape index (κ2) is 3.87. The molecule has 0 saturated carbocycles. The van der Waals surface area contributed by atoms with Gasteiger partial charge in [0.2, 0.25) is 0 Å². The highest BCUT2D eigenvalue weighted by Gasteiger charge is 2.10. The van der Waals surface area contributed by atoms with E-state index in [-0.39, 0.29) is 0 Å². The lowest BCUT2D eigenvalue weighted by atomic mass is 10.1. The van der Waals surface area contributed by atoms with Crippen molar-refractivity contribution in [2.75, 3.05) is 0 Å². The topological polar surface area (TPSA) is 13.1 Å². The first-order valence-corrected chi connectivity index (χ1v) is 5.36. The Morgan fingerprint density at radius 2 is 1.93 bits per heavy atom. The van der Waals surface area contributed by atoms with E-state index in [2.05, 4.69) is 26.0 Å². The van der Waals surface area contributed by atoms with E-state index < -0.39 is 0 Å². The zero-order valence-corrected chi connectivity index (χ0v) is 8.84. The largest absolute Gasteiger partial charge is 0.461 e. The van der Waals surface area contributed by atoms with Gasteiger partial charge in [-0.3, -0.25) is 0 Å². The first-order chi connectivity index (χ1) is 6.86. The summed E-state index contributed by atoms with van der Waals surface area (Å²) in [7, 11) is 0. The van der Waals surface area contributed by atoms with Crippen LogP contribution in [0.3, 0.4) is 0 Å². The van der Waals surface area contributed by atoms with Gasteiger partial charge in [0.25, 0.3) is 0 Å². The van der Waals surface area contributed by atoms with Gasteiger partial charge in [-0.15, -0.1) is 0 Å². The molecule has 0 aliphatic heterocycles. The minimum Gasteiger partial charge on any atom is -0.461 e. The van der Waals surface area contributed by atoms with Gasteiger partial charge in [-0.1, -0.05) is 32.0 Å². The quantitative estimate of drug-likeness (QED) is 0.710. The maximum atomic E-state index is 5.83. The van der Waals surface area contributed by atoms with Crippen LogP contribution in [0.5, 0.6) is 0 Å². The van der Waals surface area contributed by atoms with E-state index >= 15 is 0 Å². The van der Waals surface area contributed by atoms with Crippen molar-refractivity contribution in [2.24, 2.45) is 0 Å². The molecular weight excluding hydrogens is 172 g/mol. The molecule has 0 amide bonds. The Morgan fingerprint density at radius 1 is 1.14 bits per heavy atom. The third-order valence-electron chi connectivity index (χ3n) is 2.61. The summed E-state index contributed by atoms with van der Waals surface area (Å²) in [5.74, 6) is 1.18. The fourth-order valence-electron chi connectivity index (χ4n) is 1.97. The minimum atomic E-state index is 1.04. The highest BCUT2D eigenvalue weighted by atomic mass is 16.3. The van der Waals surface area contributed by atoms with Crippen LogP contribution in [0.4, 0.5) is 0 Å². The van der Waals surface area contributed by atoms with Crippen molar-refractivity contribution in [2.45, 2.75) is 33.1 Å². The summed E-state index contributed by atoms with van der Waals surface area (Å²) >= 11 is 0. The van der Waals surface area contributed by atoms with Crippen LogP contribution in [0.25, 0.3) is 11.0 Å². The third kappa shape index (κ3) is 1.43. The molecule has 0 atom stereocenters. The van der Waals surface area contributed by atoms with Gasteiger partial charge < -0.3 is 4.42 Å². The van der Waals surface area contributed by atoms with Crippen LogP contribution >= 0.6 is 0 Å². The number of hydrogen-bond donors (Lipinski definition) is 0. The predicted octanol–water partition coefficient (Wildman–Crippen LogP) is 3.95. The zero-order chi connectivity index (χ0) is 9.97. The molecule has 0 aliphatic carbocycles. The summed E-state index contributed by atoms with van der Waals surface area (Å²) in [6, 6.07) is 8.30. The van der Waals surface area contributed by atoms with Crippen LogP contribution in [-0.4, -0.2) is 0 Å². The number of aryl methyl sites for hydroxylation is 2. The van der Waals surface area contributed by atoms with E-state index in [1.54, 1.807) is 0 Å². The Bertz CT molecular complexity index is 426. The van der Waals surface area contributed by atoms with Crippen molar-refractivity contribution in [3.63, 3.8) is 0 Å². The molecule has 0 radical (unpaired) electrons. The van der Waals surface area contributed by atoms with Crippen LogP contribution < -0.4 is 0 Å². The molecule has 0 fully saturated rings. The van der Waals surface area contributed by atoms with Crippen molar-refractivity contribution in [3.8, 4) is 0 Å². The molecule has 2 rings (SSSR count). The Balaban J connectivity index is 2.60. The number of rotatable bonds is 3. The van der Waals surface area contributed by atoms with Crippen LogP contribution in [0.15, 0.2) is 28.7 Å². The first kappa shape index (κ1) is 9.32. The summed E-state index contributed by atoms with van der Waals surface area (Å²) in [5, 5.41) is 1.29. The van der Waals surface area contributed by atoms with Gasteiger partial charge in [-0.25, -0.2) is 0 Å². The summed E-state index contributed by atoms with van der Waals surface area (Å²) in [5.41, 5.74) is 2.43. The molecule has 0 aliphatic rings. The highest BCUT2D eigenvalue weighted by Crippen LogP contribution is 2.26. The normalized spacial score (nSPS) is 11.0. The number of hydrogen-bond acceptors (Lipinski definition) is 1. The predicted molar refractivity (Wildman–Crippen MR) is 59.6 cm³/mol. The SMILES string of the molecule is CCCc1oc2ccccc2c1CC. The summed E-state index contributed by atoms with van der Waals surface area (Å²) < 4.78 is 5.83. The fourth-order valence-corrected chi connectivity index (χ4v) is 1.97. The lowest BCUT2D eigenvalue weighted by Crippen LogP contribution is -1.86. The molecule has 1 aromatic carbocycles. The summed E-state index contributed by atoms with van der Waals surface area (Å²) in [4.78, 5) is 0. The van der Waals surface area contributed by atoms with E-state index in [1.807, 2.05) is 12.1 Å². The molecule has 14 heavy (non-hydrogen) atoms. The average Bonchev–Trinajstić information content (AvgIpc) is 2.55. The van der Waals surface area contributed by atoms with Gasteiger partial charge >= 0.3 is 0 Å². The van der Waals surface area contributed by atoms with Gasteiger partial charge in [0.1, 0.15) is 11.3 Å². The van der Waals surface area contributed by atoms with E-state index in [0.29, 0.717) is 0 Å². The van der Waals surface area contributed by atoms with Gasteiger partial charge in [0, 0.05) is 17.4 Å². The molecule has 0 spiro atoms. The highest BCUT2D eigenvalue weighted by molar-refractivity contribution is 5.82. The Hall–Kier alpha value is -1.24. The van der Waals surface area contributed by atoms with Crippen molar-refractivity contribution >= 4 is 11.0 Å². The third-order valence-corrected chi connectivity index (χ3v) is 2.61. The standard InChI is InChI=1S/C13H16O/c1-3-7-12-10(4-2)11-8-5-6-9-13(11)14-12/h5-6,8-9H,3-4,7H2,1-2H3. The fraction of sp³-hybridized carbons (Fsp3) is 0.385. The maximum absolute atomic E-state index is 5.83. The molecule has 1 nitrogen and oxygen atoms in total. The minimum absolute atomic E-state index is 1.04. The van der Waals surface area contributed by atoms with Gasteiger partial charge in [-0.05, 0) is 18.9 Å². The Kier molecular flexibility index (Phi) is 2.58. The number of fused-ring (bicyclic) bond motifs is 1. The molecule has 74 valence electrons. The maximum Gasteiger partial charge on any atom is 0.134 e. The van der Waals surface area contributed by atoms with Crippen LogP contribution in [-0.2, 0) is 12.8 Å². The second-order valence-electron chi connectivity index (χ2n) is 3.60. The lowest BCUT2D eigenvalue weighted by molar-refractivity contribution is 0.538. The molecule has 2 aromatic rings. The smallest absolute Gasteiger partial charge is 0.134 e. The van der Waals surface area contributed by atoms with E-state index in [1.165, 1.54) is 16.7 Å². The van der Waals surface area contributed by atoms with Crippen molar-refractivity contribution < 1.29 is 4.42 Å². The summed E-state index contributed by atoms with van der Waals surface area (Å²) in [6.45, 7) is 4.38. The van der Waals surface area contributed by atoms with Crippen LogP contribution in [0.1, 0.15) is 31.6 Å². The number of benzene rings is 1. The van der Waals surface area contributed by atoms with Gasteiger partial charge in [0.15, 0.2) is 0 Å². The molecule has 0 saturated heterocycles. The molecule has 1 heterocycles. The van der Waals surface area contributed by atoms with Crippen molar-refractivity contribution in [3.05, 3.63) is 35.6 Å². The molecule has 0 bridgehead atoms.